The van der Waals surface area contributed by atoms with Crippen LogP contribution in [0, 0.1) is 0 Å². The van der Waals surface area contributed by atoms with E-state index < -0.39 is 11.7 Å². The number of rotatable bonds is 6. The lowest BCUT2D eigenvalue weighted by Crippen LogP contribution is -2.48. The van der Waals surface area contributed by atoms with E-state index in [4.69, 9.17) is 5.73 Å². The van der Waals surface area contributed by atoms with Gasteiger partial charge in [0.2, 0.25) is 0 Å². The lowest BCUT2D eigenvalue weighted by Gasteiger charge is -2.33. The molecular weight excluding hydrogens is 218 g/mol. The number of hydrogen-bond acceptors (Lipinski definition) is 3. The molecule has 17 heavy (non-hydrogen) atoms. The van der Waals surface area contributed by atoms with Crippen LogP contribution in [0.25, 0.3) is 0 Å². The van der Waals surface area contributed by atoms with Gasteiger partial charge in [-0.05, 0) is 20.3 Å². The standard InChI is InChI=1S/C12H23N3O2/c1-4-5-6-7-8-12(2,3)15-10(16)9(13)14-11(15)17/h9H,4-8,13H2,1-3H3,(H,14,17). The molecule has 3 amide bonds. The normalized spacial score (nSPS) is 20.9. The number of nitrogens with one attached hydrogen (secondary N) is 1. The maximum absolute atomic E-state index is 11.8. The molecule has 1 unspecified atom stereocenters. The van der Waals surface area contributed by atoms with Crippen LogP contribution in [0.5, 0.6) is 0 Å². The monoisotopic (exact) mass is 241 g/mol. The number of nitrogens with zero attached hydrogens (tertiary/aromatic N) is 1. The molecule has 0 bridgehead atoms. The summed E-state index contributed by atoms with van der Waals surface area (Å²) < 4.78 is 0. The number of carbonyl (C=O) groups excluding carboxylic acids is 2. The number of urea groups is 1. The molecule has 0 spiro atoms. The molecule has 5 nitrogen and oxygen atoms in total. The highest BCUT2D eigenvalue weighted by atomic mass is 16.2. The van der Waals surface area contributed by atoms with E-state index in [0.717, 1.165) is 19.3 Å². The molecule has 1 heterocycles. The number of amides is 3. The molecule has 0 aromatic rings. The Kier molecular flexibility index (Phi) is 4.51. The summed E-state index contributed by atoms with van der Waals surface area (Å²) in [5.41, 5.74) is 5.05. The van der Waals surface area contributed by atoms with Crippen LogP contribution in [-0.2, 0) is 4.79 Å². The lowest BCUT2D eigenvalue weighted by molar-refractivity contribution is -0.131. The van der Waals surface area contributed by atoms with Crippen LogP contribution >= 0.6 is 0 Å². The second-order valence-corrected chi connectivity index (χ2v) is 5.22. The minimum atomic E-state index is -0.877. The summed E-state index contributed by atoms with van der Waals surface area (Å²) >= 11 is 0. The van der Waals surface area contributed by atoms with Crippen LogP contribution in [0.1, 0.15) is 52.9 Å². The van der Waals surface area contributed by atoms with Gasteiger partial charge in [0, 0.05) is 5.54 Å². The second kappa shape index (κ2) is 5.49. The van der Waals surface area contributed by atoms with Crippen molar-refractivity contribution in [1.29, 1.82) is 0 Å². The topological polar surface area (TPSA) is 75.4 Å². The Morgan fingerprint density at radius 2 is 1.94 bits per heavy atom. The molecule has 0 radical (unpaired) electrons. The van der Waals surface area contributed by atoms with Crippen molar-refractivity contribution in [3.8, 4) is 0 Å². The molecular formula is C12H23N3O2. The number of nitrogens with two attached hydrogens (primary N) is 1. The zero-order chi connectivity index (χ0) is 13.1. The van der Waals surface area contributed by atoms with Gasteiger partial charge in [0.15, 0.2) is 6.17 Å². The van der Waals surface area contributed by atoms with E-state index in [1.54, 1.807) is 0 Å². The van der Waals surface area contributed by atoms with E-state index in [1.807, 2.05) is 13.8 Å². The minimum Gasteiger partial charge on any atom is -0.314 e. The average molecular weight is 241 g/mol. The Labute approximate surface area is 103 Å². The largest absolute Gasteiger partial charge is 0.326 e. The van der Waals surface area contributed by atoms with Gasteiger partial charge in [0.05, 0.1) is 0 Å². The predicted molar refractivity (Wildman–Crippen MR) is 66.2 cm³/mol. The maximum atomic E-state index is 11.8. The molecule has 5 heteroatoms. The van der Waals surface area contributed by atoms with Gasteiger partial charge >= 0.3 is 6.03 Å². The van der Waals surface area contributed by atoms with Crippen molar-refractivity contribution in [2.24, 2.45) is 5.73 Å². The second-order valence-electron chi connectivity index (χ2n) is 5.22. The van der Waals surface area contributed by atoms with E-state index in [0.29, 0.717) is 0 Å². The van der Waals surface area contributed by atoms with Crippen molar-refractivity contribution in [2.45, 2.75) is 64.6 Å². The fourth-order valence-corrected chi connectivity index (χ4v) is 2.17. The van der Waals surface area contributed by atoms with Crippen molar-refractivity contribution in [3.05, 3.63) is 0 Å². The Bertz CT molecular complexity index is 302. The molecule has 0 aromatic heterocycles. The van der Waals surface area contributed by atoms with Crippen molar-refractivity contribution in [3.63, 3.8) is 0 Å². The van der Waals surface area contributed by atoms with Gasteiger partial charge in [0.25, 0.3) is 5.91 Å². The highest BCUT2D eigenvalue weighted by molar-refractivity contribution is 6.04. The summed E-state index contributed by atoms with van der Waals surface area (Å²) in [5, 5.41) is 2.44. The molecule has 1 rings (SSSR count). The van der Waals surface area contributed by atoms with Crippen LogP contribution in [0.4, 0.5) is 4.79 Å². The molecule has 1 aliphatic heterocycles. The van der Waals surface area contributed by atoms with Crippen LogP contribution in [0.15, 0.2) is 0 Å². The Morgan fingerprint density at radius 3 is 2.41 bits per heavy atom. The zero-order valence-corrected chi connectivity index (χ0v) is 11.0. The first-order valence-electron chi connectivity index (χ1n) is 6.30. The molecule has 0 saturated carbocycles. The Morgan fingerprint density at radius 1 is 1.29 bits per heavy atom. The first-order chi connectivity index (χ1) is 7.90. The summed E-state index contributed by atoms with van der Waals surface area (Å²) in [6, 6.07) is -0.372. The van der Waals surface area contributed by atoms with Gasteiger partial charge in [0.1, 0.15) is 0 Å². The van der Waals surface area contributed by atoms with Gasteiger partial charge in [-0.3, -0.25) is 9.69 Å². The number of imide groups is 1. The van der Waals surface area contributed by atoms with Gasteiger partial charge in [-0.15, -0.1) is 0 Å². The lowest BCUT2D eigenvalue weighted by atomic mass is 9.94. The third-order valence-corrected chi connectivity index (χ3v) is 3.22. The maximum Gasteiger partial charge on any atom is 0.326 e. The van der Waals surface area contributed by atoms with Crippen LogP contribution in [-0.4, -0.2) is 28.5 Å². The van der Waals surface area contributed by atoms with Crippen molar-refractivity contribution >= 4 is 11.9 Å². The Hall–Kier alpha value is -1.10. The number of carbonyl (C=O) groups is 2. The molecule has 0 aliphatic carbocycles. The molecule has 1 saturated heterocycles. The van der Waals surface area contributed by atoms with E-state index in [1.165, 1.54) is 17.7 Å². The van der Waals surface area contributed by atoms with E-state index in [-0.39, 0.29) is 11.9 Å². The first kappa shape index (κ1) is 14.0. The minimum absolute atomic E-state index is 0.324. The Balaban J connectivity index is 2.57. The van der Waals surface area contributed by atoms with Crippen LogP contribution in [0.2, 0.25) is 0 Å². The fourth-order valence-electron chi connectivity index (χ4n) is 2.17. The third kappa shape index (κ3) is 3.19. The van der Waals surface area contributed by atoms with Crippen LogP contribution < -0.4 is 11.1 Å². The van der Waals surface area contributed by atoms with Crippen molar-refractivity contribution in [2.75, 3.05) is 0 Å². The summed E-state index contributed by atoms with van der Waals surface area (Å²) in [5.74, 6) is -0.324. The number of hydrogen-bond donors (Lipinski definition) is 2. The average Bonchev–Trinajstić information content (AvgIpc) is 2.48. The summed E-state index contributed by atoms with van der Waals surface area (Å²) in [7, 11) is 0. The summed E-state index contributed by atoms with van der Waals surface area (Å²) in [4.78, 5) is 24.7. The van der Waals surface area contributed by atoms with E-state index in [2.05, 4.69) is 12.2 Å². The highest BCUT2D eigenvalue weighted by Crippen LogP contribution is 2.25. The smallest absolute Gasteiger partial charge is 0.314 e. The fraction of sp³-hybridized carbons (Fsp3) is 0.833. The zero-order valence-electron chi connectivity index (χ0n) is 11.0. The predicted octanol–water partition coefficient (Wildman–Crippen LogP) is 1.57. The summed E-state index contributed by atoms with van der Waals surface area (Å²) in [6.07, 6.45) is 4.46. The van der Waals surface area contributed by atoms with Gasteiger partial charge in [-0.1, -0.05) is 32.6 Å². The highest BCUT2D eigenvalue weighted by Gasteiger charge is 2.43. The SMILES string of the molecule is CCCCCCC(C)(C)N1C(=O)NC(N)C1=O. The van der Waals surface area contributed by atoms with Gasteiger partial charge in [-0.25, -0.2) is 4.79 Å². The molecule has 3 N–H and O–H groups in total. The van der Waals surface area contributed by atoms with E-state index >= 15 is 0 Å². The number of unbranched alkanes of at least 4 members (excludes halogenated alkanes) is 3. The van der Waals surface area contributed by atoms with Crippen molar-refractivity contribution < 1.29 is 9.59 Å². The molecule has 98 valence electrons. The molecule has 1 fully saturated rings. The quantitative estimate of drug-likeness (QED) is 0.547. The van der Waals surface area contributed by atoms with Gasteiger partial charge < -0.3 is 11.1 Å². The van der Waals surface area contributed by atoms with Crippen molar-refractivity contribution in [1.82, 2.24) is 10.2 Å². The molecule has 1 aliphatic rings. The van der Waals surface area contributed by atoms with Crippen LogP contribution in [0.3, 0.4) is 0 Å². The third-order valence-electron chi connectivity index (χ3n) is 3.22. The van der Waals surface area contributed by atoms with E-state index in [9.17, 15) is 9.59 Å². The molecule has 1 atom stereocenters. The molecule has 0 aromatic carbocycles. The summed E-state index contributed by atoms with van der Waals surface area (Å²) in [6.45, 7) is 5.98. The van der Waals surface area contributed by atoms with Gasteiger partial charge in [-0.2, -0.15) is 0 Å². The first-order valence-corrected chi connectivity index (χ1v) is 6.30.